The van der Waals surface area contributed by atoms with E-state index in [1.165, 1.54) is 0 Å². The van der Waals surface area contributed by atoms with E-state index >= 15 is 0 Å². The standard InChI is InChI=1S/C12H22N2O3/c1-8(2)6-10(12(16)17)14-11(15)9-4-3-5-13-7-9/h8-10,13H,3-7H2,1-2H3,(H,14,15)(H,16,17)/t9-,10?/m0/s1. The van der Waals surface area contributed by atoms with Crippen LogP contribution in [-0.2, 0) is 9.59 Å². The molecule has 0 spiro atoms. The predicted octanol–water partition coefficient (Wildman–Crippen LogP) is 0.602. The van der Waals surface area contributed by atoms with Crippen LogP contribution in [-0.4, -0.2) is 36.1 Å². The SMILES string of the molecule is CC(C)CC(NC(=O)[C@H]1CCCNC1)C(=O)O. The summed E-state index contributed by atoms with van der Waals surface area (Å²) in [7, 11) is 0. The summed E-state index contributed by atoms with van der Waals surface area (Å²) in [5, 5.41) is 14.8. The van der Waals surface area contributed by atoms with Crippen LogP contribution in [0.4, 0.5) is 0 Å². The first-order valence-corrected chi connectivity index (χ1v) is 6.24. The fourth-order valence-electron chi connectivity index (χ4n) is 2.06. The summed E-state index contributed by atoms with van der Waals surface area (Å²) in [6.45, 7) is 5.49. The van der Waals surface area contributed by atoms with Crippen molar-refractivity contribution in [3.8, 4) is 0 Å². The lowest BCUT2D eigenvalue weighted by molar-refractivity contribution is -0.143. The second-order valence-electron chi connectivity index (χ2n) is 5.07. The zero-order valence-corrected chi connectivity index (χ0v) is 10.5. The van der Waals surface area contributed by atoms with Gasteiger partial charge in [0.2, 0.25) is 5.91 Å². The average molecular weight is 242 g/mol. The lowest BCUT2D eigenvalue weighted by Crippen LogP contribution is -2.47. The highest BCUT2D eigenvalue weighted by molar-refractivity contribution is 5.85. The fourth-order valence-corrected chi connectivity index (χ4v) is 2.06. The number of hydrogen-bond donors (Lipinski definition) is 3. The molecule has 1 rings (SSSR count). The Hall–Kier alpha value is -1.10. The van der Waals surface area contributed by atoms with Gasteiger partial charge in [0, 0.05) is 6.54 Å². The van der Waals surface area contributed by atoms with Gasteiger partial charge in [0.05, 0.1) is 5.92 Å². The molecule has 5 nitrogen and oxygen atoms in total. The van der Waals surface area contributed by atoms with E-state index in [1.54, 1.807) is 0 Å². The minimum atomic E-state index is -0.948. The molecular formula is C12H22N2O3. The first-order chi connectivity index (χ1) is 8.00. The Labute approximate surface area is 102 Å². The van der Waals surface area contributed by atoms with E-state index < -0.39 is 12.0 Å². The molecule has 1 saturated heterocycles. The number of carboxylic acid groups (broad SMARTS) is 1. The highest BCUT2D eigenvalue weighted by Crippen LogP contribution is 2.11. The summed E-state index contributed by atoms with van der Waals surface area (Å²) in [6, 6.07) is -0.760. The van der Waals surface area contributed by atoms with Gasteiger partial charge >= 0.3 is 5.97 Å². The van der Waals surface area contributed by atoms with Crippen LogP contribution in [0.15, 0.2) is 0 Å². The lowest BCUT2D eigenvalue weighted by Gasteiger charge is -2.24. The van der Waals surface area contributed by atoms with E-state index in [0.717, 1.165) is 19.4 Å². The van der Waals surface area contributed by atoms with Gasteiger partial charge in [-0.05, 0) is 31.7 Å². The molecule has 1 unspecified atom stereocenters. The fraction of sp³-hybridized carbons (Fsp3) is 0.833. The van der Waals surface area contributed by atoms with Gasteiger partial charge in [-0.1, -0.05) is 13.8 Å². The quantitative estimate of drug-likeness (QED) is 0.659. The summed E-state index contributed by atoms with van der Waals surface area (Å²) >= 11 is 0. The number of carbonyl (C=O) groups is 2. The maximum atomic E-state index is 11.9. The number of rotatable bonds is 5. The number of amides is 1. The number of piperidine rings is 1. The molecule has 0 aromatic heterocycles. The monoisotopic (exact) mass is 242 g/mol. The van der Waals surface area contributed by atoms with Crippen LogP contribution in [0, 0.1) is 11.8 Å². The molecule has 2 atom stereocenters. The zero-order valence-electron chi connectivity index (χ0n) is 10.5. The maximum absolute atomic E-state index is 11.9. The van der Waals surface area contributed by atoms with E-state index in [2.05, 4.69) is 10.6 Å². The van der Waals surface area contributed by atoms with Crippen molar-refractivity contribution in [2.45, 2.75) is 39.2 Å². The van der Waals surface area contributed by atoms with Crippen LogP contribution in [0.5, 0.6) is 0 Å². The molecule has 0 aromatic rings. The topological polar surface area (TPSA) is 78.4 Å². The van der Waals surface area contributed by atoms with Crippen molar-refractivity contribution in [2.75, 3.05) is 13.1 Å². The zero-order chi connectivity index (χ0) is 12.8. The molecule has 1 heterocycles. The van der Waals surface area contributed by atoms with E-state index in [-0.39, 0.29) is 17.7 Å². The van der Waals surface area contributed by atoms with Crippen LogP contribution in [0.25, 0.3) is 0 Å². The summed E-state index contributed by atoms with van der Waals surface area (Å²) < 4.78 is 0. The van der Waals surface area contributed by atoms with E-state index in [1.807, 2.05) is 13.8 Å². The van der Waals surface area contributed by atoms with Crippen molar-refractivity contribution in [3.63, 3.8) is 0 Å². The highest BCUT2D eigenvalue weighted by atomic mass is 16.4. The molecule has 5 heteroatoms. The van der Waals surface area contributed by atoms with Gasteiger partial charge in [-0.2, -0.15) is 0 Å². The number of nitrogens with one attached hydrogen (secondary N) is 2. The second kappa shape index (κ2) is 6.59. The first-order valence-electron chi connectivity index (χ1n) is 6.24. The second-order valence-corrected chi connectivity index (χ2v) is 5.07. The number of carbonyl (C=O) groups excluding carboxylic acids is 1. The largest absolute Gasteiger partial charge is 0.480 e. The van der Waals surface area contributed by atoms with Crippen LogP contribution >= 0.6 is 0 Å². The molecule has 0 aromatic carbocycles. The third kappa shape index (κ3) is 4.73. The molecular weight excluding hydrogens is 220 g/mol. The maximum Gasteiger partial charge on any atom is 0.326 e. The molecule has 0 aliphatic carbocycles. The Bertz CT molecular complexity index is 273. The van der Waals surface area contributed by atoms with E-state index in [0.29, 0.717) is 13.0 Å². The molecule has 3 N–H and O–H groups in total. The molecule has 0 bridgehead atoms. The molecule has 1 aliphatic rings. The third-order valence-electron chi connectivity index (χ3n) is 2.99. The van der Waals surface area contributed by atoms with Gasteiger partial charge < -0.3 is 15.7 Å². The smallest absolute Gasteiger partial charge is 0.326 e. The van der Waals surface area contributed by atoms with Crippen molar-refractivity contribution >= 4 is 11.9 Å². The van der Waals surface area contributed by atoms with E-state index in [9.17, 15) is 9.59 Å². The van der Waals surface area contributed by atoms with Crippen LogP contribution in [0.1, 0.15) is 33.1 Å². The lowest BCUT2D eigenvalue weighted by atomic mass is 9.97. The number of aliphatic carboxylic acids is 1. The van der Waals surface area contributed by atoms with Gasteiger partial charge in [0.15, 0.2) is 0 Å². The predicted molar refractivity (Wildman–Crippen MR) is 64.6 cm³/mol. The summed E-state index contributed by atoms with van der Waals surface area (Å²) in [5.74, 6) is -0.917. The van der Waals surface area contributed by atoms with Gasteiger partial charge in [0.25, 0.3) is 0 Å². The average Bonchev–Trinajstić information content (AvgIpc) is 2.28. The molecule has 1 amide bonds. The highest BCUT2D eigenvalue weighted by Gasteiger charge is 2.26. The van der Waals surface area contributed by atoms with Crippen molar-refractivity contribution in [1.82, 2.24) is 10.6 Å². The summed E-state index contributed by atoms with van der Waals surface area (Å²) in [4.78, 5) is 22.9. The Morgan fingerprint density at radius 2 is 2.18 bits per heavy atom. The van der Waals surface area contributed by atoms with Gasteiger partial charge in [-0.25, -0.2) is 4.79 Å². The molecule has 98 valence electrons. The number of carboxylic acids is 1. The van der Waals surface area contributed by atoms with Crippen molar-refractivity contribution in [2.24, 2.45) is 11.8 Å². The molecule has 1 aliphatic heterocycles. The molecule has 1 fully saturated rings. The first kappa shape index (κ1) is 14.0. The molecule has 0 radical (unpaired) electrons. The van der Waals surface area contributed by atoms with Gasteiger partial charge in [-0.3, -0.25) is 4.79 Å². The molecule has 17 heavy (non-hydrogen) atoms. The van der Waals surface area contributed by atoms with Gasteiger partial charge in [-0.15, -0.1) is 0 Å². The van der Waals surface area contributed by atoms with Crippen LogP contribution < -0.4 is 10.6 Å². The normalized spacial score (nSPS) is 22.2. The summed E-state index contributed by atoms with van der Waals surface area (Å²) in [6.07, 6.45) is 2.29. The Morgan fingerprint density at radius 1 is 1.47 bits per heavy atom. The Morgan fingerprint density at radius 3 is 2.65 bits per heavy atom. The van der Waals surface area contributed by atoms with Crippen LogP contribution in [0.2, 0.25) is 0 Å². The van der Waals surface area contributed by atoms with Crippen molar-refractivity contribution in [3.05, 3.63) is 0 Å². The van der Waals surface area contributed by atoms with E-state index in [4.69, 9.17) is 5.11 Å². The number of hydrogen-bond acceptors (Lipinski definition) is 3. The molecule has 0 saturated carbocycles. The summed E-state index contributed by atoms with van der Waals surface area (Å²) in [5.41, 5.74) is 0. The Kier molecular flexibility index (Phi) is 5.41. The van der Waals surface area contributed by atoms with Crippen molar-refractivity contribution < 1.29 is 14.7 Å². The minimum Gasteiger partial charge on any atom is -0.480 e. The van der Waals surface area contributed by atoms with Crippen molar-refractivity contribution in [1.29, 1.82) is 0 Å². The van der Waals surface area contributed by atoms with Crippen LogP contribution in [0.3, 0.4) is 0 Å². The third-order valence-corrected chi connectivity index (χ3v) is 2.99. The Balaban J connectivity index is 2.47. The minimum absolute atomic E-state index is 0.0854. The van der Waals surface area contributed by atoms with Gasteiger partial charge in [0.1, 0.15) is 6.04 Å².